The summed E-state index contributed by atoms with van der Waals surface area (Å²) in [7, 11) is -2.81. The molecule has 0 aliphatic rings. The number of hydrogen-bond donors (Lipinski definition) is 1. The molecule has 78 valence electrons. The molecule has 0 amide bonds. The number of thiol groups is 1. The third kappa shape index (κ3) is 3.03. The number of rotatable bonds is 2. The Kier molecular flexibility index (Phi) is 3.16. The zero-order valence-electron chi connectivity index (χ0n) is 8.48. The Morgan fingerprint density at radius 3 is 1.93 bits per heavy atom. The fourth-order valence-corrected chi connectivity index (χ4v) is 1.40. The van der Waals surface area contributed by atoms with Crippen LogP contribution in [0, 0.1) is 0 Å². The summed E-state index contributed by atoms with van der Waals surface area (Å²) in [5.41, 5.74) is 1.21. The van der Waals surface area contributed by atoms with Crippen LogP contribution in [-0.4, -0.2) is 8.42 Å². The van der Waals surface area contributed by atoms with Gasteiger partial charge in [-0.2, -0.15) is 8.42 Å². The van der Waals surface area contributed by atoms with Gasteiger partial charge in [-0.1, -0.05) is 32.9 Å². The van der Waals surface area contributed by atoms with Gasteiger partial charge in [-0.3, -0.25) is 0 Å². The Balaban J connectivity index is 2.89. The van der Waals surface area contributed by atoms with Crippen molar-refractivity contribution in [2.24, 2.45) is 0 Å². The minimum absolute atomic E-state index is 0.0677. The van der Waals surface area contributed by atoms with Crippen LogP contribution in [0.5, 0.6) is 5.75 Å². The maximum Gasteiger partial charge on any atom is 0.299 e. The molecule has 0 atom stereocenters. The Morgan fingerprint density at radius 2 is 1.57 bits per heavy atom. The minimum Gasteiger partial charge on any atom is -0.384 e. The molecule has 0 spiro atoms. The zero-order chi connectivity index (χ0) is 10.8. The van der Waals surface area contributed by atoms with E-state index in [1.807, 2.05) is 12.1 Å². The lowest BCUT2D eigenvalue weighted by molar-refractivity contribution is 0.510. The lowest BCUT2D eigenvalue weighted by Crippen LogP contribution is -2.10. The van der Waals surface area contributed by atoms with Gasteiger partial charge in [-0.25, -0.2) is 0 Å². The largest absolute Gasteiger partial charge is 0.384 e. The Bertz CT molecular complexity index is 363. The van der Waals surface area contributed by atoms with Crippen molar-refractivity contribution < 1.29 is 12.6 Å². The Morgan fingerprint density at radius 1 is 1.07 bits per heavy atom. The van der Waals surface area contributed by atoms with E-state index in [0.29, 0.717) is 5.75 Å². The second kappa shape index (κ2) is 4.00. The van der Waals surface area contributed by atoms with E-state index in [4.69, 9.17) is 0 Å². The Hall–Kier alpha value is -1.03. The van der Waals surface area contributed by atoms with Crippen LogP contribution in [0.3, 0.4) is 0 Å². The van der Waals surface area contributed by atoms with E-state index >= 15 is 0 Å². The van der Waals surface area contributed by atoms with E-state index in [2.05, 4.69) is 25.0 Å². The van der Waals surface area contributed by atoms with Gasteiger partial charge in [-0.15, -0.1) is 0 Å². The number of benzene rings is 1. The van der Waals surface area contributed by atoms with E-state index in [0.717, 1.165) is 5.56 Å². The average Bonchev–Trinajstić information content (AvgIpc) is 2.02. The molecule has 0 heterocycles. The highest BCUT2D eigenvalue weighted by Crippen LogP contribution is 2.24. The molecule has 3 nitrogen and oxygen atoms in total. The molecule has 0 aliphatic carbocycles. The molecule has 0 aromatic heterocycles. The van der Waals surface area contributed by atoms with Crippen molar-refractivity contribution in [3.05, 3.63) is 29.8 Å². The van der Waals surface area contributed by atoms with Crippen LogP contribution in [0.15, 0.2) is 24.3 Å². The molecule has 1 aromatic carbocycles. The van der Waals surface area contributed by atoms with Gasteiger partial charge < -0.3 is 4.18 Å². The first-order valence-corrected chi connectivity index (χ1v) is 5.42. The molecule has 0 saturated carbocycles. The van der Waals surface area contributed by atoms with Crippen LogP contribution in [0.4, 0.5) is 0 Å². The molecule has 4 heteroatoms. The molecule has 0 unspecified atom stereocenters. The van der Waals surface area contributed by atoms with Gasteiger partial charge in [0.15, 0.2) is 0 Å². The Labute approximate surface area is 85.9 Å². The molecule has 1 rings (SSSR count). The zero-order valence-corrected chi connectivity index (χ0v) is 9.38. The molecule has 0 aliphatic heterocycles. The van der Waals surface area contributed by atoms with Crippen molar-refractivity contribution in [2.45, 2.75) is 26.2 Å². The van der Waals surface area contributed by atoms with E-state index in [-0.39, 0.29) is 5.41 Å². The molecule has 0 radical (unpaired) electrons. The maximum absolute atomic E-state index is 10.3. The molecule has 0 bridgehead atoms. The van der Waals surface area contributed by atoms with Gasteiger partial charge in [0.2, 0.25) is 0 Å². The predicted octanol–water partition coefficient (Wildman–Crippen LogP) is 1.89. The van der Waals surface area contributed by atoms with Gasteiger partial charge in [0.1, 0.15) is 5.75 Å². The molecule has 0 fully saturated rings. The van der Waals surface area contributed by atoms with E-state index in [9.17, 15) is 8.42 Å². The summed E-state index contributed by atoms with van der Waals surface area (Å²) >= 11 is 0. The summed E-state index contributed by atoms with van der Waals surface area (Å²) in [5.74, 6) is 0.356. The average molecular weight is 214 g/mol. The fourth-order valence-electron chi connectivity index (χ4n) is 1.10. The third-order valence-electron chi connectivity index (χ3n) is 1.90. The summed E-state index contributed by atoms with van der Waals surface area (Å²) in [5, 5.41) is 0. The predicted molar refractivity (Wildman–Crippen MR) is 56.1 cm³/mol. The van der Waals surface area contributed by atoms with Crippen LogP contribution in [0.2, 0.25) is 0 Å². The highest BCUT2D eigenvalue weighted by Gasteiger charge is 2.12. The molecule has 1 aromatic rings. The lowest BCUT2D eigenvalue weighted by Gasteiger charge is -2.18. The molecule has 14 heavy (non-hydrogen) atoms. The standard InChI is InChI=1S/C10H14O3S/c1-10(2,3)8-4-6-9(7-5-8)13-14(11)12/h4-7,14H,1-3H3. The van der Waals surface area contributed by atoms with Gasteiger partial charge >= 0.3 is 0 Å². The van der Waals surface area contributed by atoms with Crippen molar-refractivity contribution >= 4 is 11.0 Å². The summed E-state index contributed by atoms with van der Waals surface area (Å²) < 4.78 is 25.1. The van der Waals surface area contributed by atoms with Crippen molar-refractivity contribution in [3.63, 3.8) is 0 Å². The van der Waals surface area contributed by atoms with Crippen LogP contribution in [0.1, 0.15) is 26.3 Å². The van der Waals surface area contributed by atoms with Crippen LogP contribution < -0.4 is 4.18 Å². The number of hydrogen-bond acceptors (Lipinski definition) is 3. The summed E-state index contributed by atoms with van der Waals surface area (Å²) in [6.45, 7) is 6.28. The first-order chi connectivity index (χ1) is 6.39. The maximum atomic E-state index is 10.3. The van der Waals surface area contributed by atoms with E-state index < -0.39 is 11.0 Å². The second-order valence-electron chi connectivity index (χ2n) is 4.09. The van der Waals surface area contributed by atoms with Gasteiger partial charge in [0.25, 0.3) is 11.0 Å². The van der Waals surface area contributed by atoms with Crippen LogP contribution in [-0.2, 0) is 16.4 Å². The van der Waals surface area contributed by atoms with Crippen LogP contribution in [0.25, 0.3) is 0 Å². The van der Waals surface area contributed by atoms with Crippen molar-refractivity contribution in [1.29, 1.82) is 0 Å². The highest BCUT2D eigenvalue weighted by molar-refractivity contribution is 7.67. The van der Waals surface area contributed by atoms with Crippen molar-refractivity contribution in [2.75, 3.05) is 0 Å². The summed E-state index contributed by atoms with van der Waals surface area (Å²) in [6.07, 6.45) is 0. The monoisotopic (exact) mass is 214 g/mol. The van der Waals surface area contributed by atoms with Gasteiger partial charge in [0, 0.05) is 0 Å². The van der Waals surface area contributed by atoms with Crippen LogP contribution >= 0.6 is 0 Å². The highest BCUT2D eigenvalue weighted by atomic mass is 32.2. The summed E-state index contributed by atoms with van der Waals surface area (Å²) in [4.78, 5) is 0. The van der Waals surface area contributed by atoms with Gasteiger partial charge in [0.05, 0.1) is 0 Å². The lowest BCUT2D eigenvalue weighted by atomic mass is 9.87. The second-order valence-corrected chi connectivity index (χ2v) is 4.72. The van der Waals surface area contributed by atoms with Gasteiger partial charge in [-0.05, 0) is 23.1 Å². The minimum atomic E-state index is -2.81. The molecule has 0 N–H and O–H groups in total. The first kappa shape index (κ1) is 11.0. The smallest absolute Gasteiger partial charge is 0.299 e. The molecular formula is C10H14O3S. The van der Waals surface area contributed by atoms with Crippen molar-refractivity contribution in [3.8, 4) is 5.75 Å². The fraction of sp³-hybridized carbons (Fsp3) is 0.400. The normalized spacial score (nSPS) is 11.7. The molecule has 0 saturated heterocycles. The SMILES string of the molecule is CC(C)(C)c1ccc(O[SH](=O)=O)cc1. The first-order valence-electron chi connectivity index (χ1n) is 4.32. The topological polar surface area (TPSA) is 43.4 Å². The molecular weight excluding hydrogens is 200 g/mol. The van der Waals surface area contributed by atoms with E-state index in [1.54, 1.807) is 12.1 Å². The summed E-state index contributed by atoms with van der Waals surface area (Å²) in [6, 6.07) is 7.06. The quantitative estimate of drug-likeness (QED) is 0.764. The van der Waals surface area contributed by atoms with Crippen molar-refractivity contribution in [1.82, 2.24) is 0 Å². The van der Waals surface area contributed by atoms with E-state index in [1.165, 1.54) is 0 Å². The third-order valence-corrected chi connectivity index (χ3v) is 2.26.